The average molecular weight is 643 g/mol. The molecule has 6 rings (SSSR count). The number of anilines is 2. The predicted octanol–water partition coefficient (Wildman–Crippen LogP) is 3.28. The Morgan fingerprint density at radius 1 is 1.14 bits per heavy atom. The molecule has 0 bridgehead atoms. The Bertz CT molecular complexity index is 1610. The van der Waals surface area contributed by atoms with Crippen molar-refractivity contribution < 1.29 is 23.9 Å². The molecule has 3 aliphatic rings. The maximum atomic E-state index is 13.5. The summed E-state index contributed by atoms with van der Waals surface area (Å²) in [7, 11) is 1.37. The highest BCUT2D eigenvalue weighted by Crippen LogP contribution is 2.37. The molecule has 3 aromatic heterocycles. The number of aromatic nitrogens is 3. The van der Waals surface area contributed by atoms with Gasteiger partial charge in [-0.3, -0.25) is 9.59 Å². The standard InChI is InChI=1S/C29H35ClN8O5S/c1-17(39)35-10-6-20(7-11-35)43-23-13-24(30)44-26(23)28(40)34-19-4-3-8-36(15-19)22-12-21(38-25(22)27(31)32-16-33-38)18-5-9-37(14-18)29(41)42-2/h5,12-13,16,19-20H,3-4,6-11,14-15H2,1-2H3,(H,34,40)(H2,31,32,33)/t19-/m1/s1. The number of likely N-dealkylation sites (tertiary alicyclic amines) is 1. The van der Waals surface area contributed by atoms with Gasteiger partial charge in [-0.05, 0) is 24.5 Å². The van der Waals surface area contributed by atoms with Crippen LogP contribution in [0.2, 0.25) is 4.34 Å². The van der Waals surface area contributed by atoms with Crippen LogP contribution in [0.5, 0.6) is 5.75 Å². The lowest BCUT2D eigenvalue weighted by molar-refractivity contribution is -0.130. The third-order valence-corrected chi connectivity index (χ3v) is 9.64. The molecule has 3 N–H and O–H groups in total. The summed E-state index contributed by atoms with van der Waals surface area (Å²) in [5.74, 6) is 0.656. The fraction of sp³-hybridized carbons (Fsp3) is 0.483. The molecule has 0 saturated carbocycles. The van der Waals surface area contributed by atoms with Gasteiger partial charge in [0.2, 0.25) is 5.91 Å². The number of hydrogen-bond acceptors (Lipinski definition) is 10. The van der Waals surface area contributed by atoms with E-state index in [1.165, 1.54) is 24.8 Å². The van der Waals surface area contributed by atoms with E-state index in [9.17, 15) is 14.4 Å². The van der Waals surface area contributed by atoms with Gasteiger partial charge in [-0.25, -0.2) is 14.3 Å². The summed E-state index contributed by atoms with van der Waals surface area (Å²) >= 11 is 7.54. The number of halogens is 1. The number of nitrogen functional groups attached to an aromatic ring is 1. The number of carbonyl (C=O) groups excluding carboxylic acids is 3. The molecule has 1 atom stereocenters. The summed E-state index contributed by atoms with van der Waals surface area (Å²) in [6.45, 7) is 5.00. The summed E-state index contributed by atoms with van der Waals surface area (Å²) < 4.78 is 13.4. The molecule has 3 amide bonds. The monoisotopic (exact) mass is 642 g/mol. The molecule has 234 valence electrons. The molecule has 2 fully saturated rings. The molecule has 0 unspecified atom stereocenters. The number of nitrogens with two attached hydrogens (primary N) is 1. The molecule has 3 aromatic rings. The lowest BCUT2D eigenvalue weighted by Crippen LogP contribution is -2.47. The number of piperidine rings is 2. The Labute approximate surface area is 263 Å². The molecule has 15 heteroatoms. The zero-order valence-electron chi connectivity index (χ0n) is 24.6. The fourth-order valence-electron chi connectivity index (χ4n) is 6.15. The molecule has 0 aliphatic carbocycles. The zero-order chi connectivity index (χ0) is 31.0. The van der Waals surface area contributed by atoms with E-state index in [0.29, 0.717) is 71.9 Å². The van der Waals surface area contributed by atoms with Gasteiger partial charge >= 0.3 is 6.09 Å². The van der Waals surface area contributed by atoms with E-state index in [1.807, 2.05) is 17.0 Å². The largest absolute Gasteiger partial charge is 0.489 e. The molecular weight excluding hydrogens is 608 g/mol. The average Bonchev–Trinajstić information content (AvgIpc) is 3.75. The van der Waals surface area contributed by atoms with E-state index >= 15 is 0 Å². The normalized spacial score (nSPS) is 19.3. The molecule has 3 aliphatic heterocycles. The minimum absolute atomic E-state index is 0.0595. The number of thiophene rings is 1. The number of ether oxygens (including phenoxy) is 2. The van der Waals surface area contributed by atoms with Gasteiger partial charge in [-0.2, -0.15) is 5.10 Å². The highest BCUT2D eigenvalue weighted by Gasteiger charge is 2.31. The van der Waals surface area contributed by atoms with Crippen molar-refractivity contribution in [2.45, 2.75) is 44.8 Å². The second-order valence-corrected chi connectivity index (χ2v) is 12.9. The van der Waals surface area contributed by atoms with Crippen molar-refractivity contribution >= 4 is 63.4 Å². The zero-order valence-corrected chi connectivity index (χ0v) is 26.2. The molecular formula is C29H35ClN8O5S. The Hall–Kier alpha value is -4.04. The number of fused-ring (bicyclic) bond motifs is 1. The van der Waals surface area contributed by atoms with Crippen molar-refractivity contribution in [3.63, 3.8) is 0 Å². The molecule has 0 radical (unpaired) electrons. The van der Waals surface area contributed by atoms with Crippen LogP contribution in [0, 0.1) is 0 Å². The van der Waals surface area contributed by atoms with Crippen LogP contribution in [0.1, 0.15) is 48.0 Å². The van der Waals surface area contributed by atoms with Crippen molar-refractivity contribution in [1.29, 1.82) is 0 Å². The van der Waals surface area contributed by atoms with E-state index in [-0.39, 0.29) is 30.1 Å². The van der Waals surface area contributed by atoms with Crippen molar-refractivity contribution in [3.05, 3.63) is 39.4 Å². The van der Waals surface area contributed by atoms with E-state index < -0.39 is 0 Å². The van der Waals surface area contributed by atoms with Crippen LogP contribution < -0.4 is 20.7 Å². The highest BCUT2D eigenvalue weighted by molar-refractivity contribution is 7.18. The lowest BCUT2D eigenvalue weighted by atomic mass is 10.0. The van der Waals surface area contributed by atoms with Gasteiger partial charge in [0, 0.05) is 64.6 Å². The van der Waals surface area contributed by atoms with E-state index in [2.05, 4.69) is 20.3 Å². The van der Waals surface area contributed by atoms with Gasteiger partial charge in [0.15, 0.2) is 5.82 Å². The third-order valence-electron chi connectivity index (χ3n) is 8.40. The number of hydrogen-bond donors (Lipinski definition) is 2. The van der Waals surface area contributed by atoms with Gasteiger partial charge in [0.25, 0.3) is 5.91 Å². The number of nitrogens with zero attached hydrogens (tertiary/aromatic N) is 6. The van der Waals surface area contributed by atoms with Crippen LogP contribution in [0.3, 0.4) is 0 Å². The number of nitrogens with one attached hydrogen (secondary N) is 1. The van der Waals surface area contributed by atoms with Crippen LogP contribution in [-0.4, -0.2) is 101 Å². The van der Waals surface area contributed by atoms with Crippen molar-refractivity contribution in [2.24, 2.45) is 0 Å². The Morgan fingerprint density at radius 2 is 1.93 bits per heavy atom. The lowest BCUT2D eigenvalue weighted by Gasteiger charge is -2.34. The summed E-state index contributed by atoms with van der Waals surface area (Å²) in [6.07, 6.45) is 5.98. The first-order chi connectivity index (χ1) is 21.2. The topological polar surface area (TPSA) is 148 Å². The van der Waals surface area contributed by atoms with Gasteiger partial charge in [-0.15, -0.1) is 11.3 Å². The number of amides is 3. The van der Waals surface area contributed by atoms with Crippen LogP contribution in [0.15, 0.2) is 24.5 Å². The van der Waals surface area contributed by atoms with Crippen molar-refractivity contribution in [1.82, 2.24) is 29.7 Å². The Balaban J connectivity index is 1.17. The number of methoxy groups -OCH3 is 1. The third kappa shape index (κ3) is 6.00. The van der Waals surface area contributed by atoms with Gasteiger partial charge in [0.1, 0.15) is 28.6 Å². The first-order valence-electron chi connectivity index (χ1n) is 14.6. The first kappa shape index (κ1) is 30.0. The van der Waals surface area contributed by atoms with Gasteiger partial charge in [0.05, 0.1) is 29.4 Å². The summed E-state index contributed by atoms with van der Waals surface area (Å²) in [5, 5.41) is 7.68. The number of carbonyl (C=O) groups is 3. The smallest absolute Gasteiger partial charge is 0.410 e. The van der Waals surface area contributed by atoms with Crippen LogP contribution in [-0.2, 0) is 9.53 Å². The molecule has 13 nitrogen and oxygen atoms in total. The Morgan fingerprint density at radius 3 is 2.68 bits per heavy atom. The summed E-state index contributed by atoms with van der Waals surface area (Å²) in [4.78, 5) is 47.6. The summed E-state index contributed by atoms with van der Waals surface area (Å²) in [6, 6.07) is 3.59. The number of rotatable bonds is 6. The van der Waals surface area contributed by atoms with E-state index in [1.54, 1.807) is 22.4 Å². The highest BCUT2D eigenvalue weighted by atomic mass is 35.5. The molecule has 2 saturated heterocycles. The SMILES string of the molecule is COC(=O)N1CC=C(c2cc(N3CCC[C@@H](NC(=O)c4sc(Cl)cc4OC4CCN(C(C)=O)CC4)C3)c3c(N)ncnn23)C1. The van der Waals surface area contributed by atoms with Gasteiger partial charge < -0.3 is 35.2 Å². The molecule has 0 spiro atoms. The van der Waals surface area contributed by atoms with E-state index in [0.717, 1.165) is 36.3 Å². The molecule has 6 heterocycles. The molecule has 0 aromatic carbocycles. The summed E-state index contributed by atoms with van der Waals surface area (Å²) in [5.41, 5.74) is 9.68. The van der Waals surface area contributed by atoms with Crippen molar-refractivity contribution in [3.8, 4) is 5.75 Å². The Kier molecular flexibility index (Phi) is 8.54. The van der Waals surface area contributed by atoms with Crippen LogP contribution in [0.4, 0.5) is 16.3 Å². The van der Waals surface area contributed by atoms with Crippen LogP contribution in [0.25, 0.3) is 11.1 Å². The minimum atomic E-state index is -0.389. The van der Waals surface area contributed by atoms with Crippen LogP contribution >= 0.6 is 22.9 Å². The fourth-order valence-corrected chi connectivity index (χ4v) is 7.20. The predicted molar refractivity (Wildman–Crippen MR) is 167 cm³/mol. The quantitative estimate of drug-likeness (QED) is 0.413. The minimum Gasteiger partial charge on any atom is -0.489 e. The maximum Gasteiger partial charge on any atom is 0.410 e. The van der Waals surface area contributed by atoms with E-state index in [4.69, 9.17) is 26.8 Å². The first-order valence-corrected chi connectivity index (χ1v) is 15.8. The van der Waals surface area contributed by atoms with Gasteiger partial charge in [-0.1, -0.05) is 17.7 Å². The molecule has 44 heavy (non-hydrogen) atoms. The maximum absolute atomic E-state index is 13.5. The second kappa shape index (κ2) is 12.5. The second-order valence-electron chi connectivity index (χ2n) is 11.2. The van der Waals surface area contributed by atoms with Crippen molar-refractivity contribution in [2.75, 3.05) is 57.0 Å².